The highest BCUT2D eigenvalue weighted by Crippen LogP contribution is 2.15. The molecule has 3 heterocycles. The van der Waals surface area contributed by atoms with Crippen LogP contribution in [0.1, 0.15) is 57.1 Å². The van der Waals surface area contributed by atoms with Crippen molar-refractivity contribution in [3.63, 3.8) is 0 Å². The van der Waals surface area contributed by atoms with Crippen LogP contribution in [-0.2, 0) is 25.6 Å². The molecule has 0 bridgehead atoms. The fourth-order valence-corrected chi connectivity index (χ4v) is 5.26. The third-order valence-corrected chi connectivity index (χ3v) is 7.97. The summed E-state index contributed by atoms with van der Waals surface area (Å²) in [5.41, 5.74) is 0.823. The summed E-state index contributed by atoms with van der Waals surface area (Å²) < 4.78 is 6.83. The summed E-state index contributed by atoms with van der Waals surface area (Å²) in [6.45, 7) is 8.71. The minimum Gasteiger partial charge on any atom is -0.497 e. The predicted molar refractivity (Wildman–Crippen MR) is 173 cm³/mol. The van der Waals surface area contributed by atoms with E-state index in [0.29, 0.717) is 11.5 Å². The lowest BCUT2D eigenvalue weighted by molar-refractivity contribution is -0.133. The highest BCUT2D eigenvalue weighted by molar-refractivity contribution is 5.97. The van der Waals surface area contributed by atoms with Crippen molar-refractivity contribution in [3.8, 4) is 5.75 Å². The number of nitrogens with zero attached hydrogens (tertiary/aromatic N) is 4. The van der Waals surface area contributed by atoms with Crippen molar-refractivity contribution < 1.29 is 28.7 Å². The molecule has 0 spiro atoms. The van der Waals surface area contributed by atoms with Crippen LogP contribution in [-0.4, -0.2) is 93.2 Å². The maximum absolute atomic E-state index is 13.8. The Morgan fingerprint density at radius 1 is 0.957 bits per heavy atom. The molecule has 1 fully saturated rings. The summed E-state index contributed by atoms with van der Waals surface area (Å²) >= 11 is 0. The van der Waals surface area contributed by atoms with E-state index < -0.39 is 60.2 Å². The molecule has 14 nitrogen and oxygen atoms in total. The minimum absolute atomic E-state index is 0.0115. The van der Waals surface area contributed by atoms with E-state index in [1.807, 2.05) is 27.7 Å². The number of hydrogen-bond donors (Lipinski definition) is 4. The van der Waals surface area contributed by atoms with Gasteiger partial charge in [0, 0.05) is 37.6 Å². The lowest BCUT2D eigenvalue weighted by Gasteiger charge is -2.31. The van der Waals surface area contributed by atoms with Crippen LogP contribution in [0, 0.1) is 11.8 Å². The van der Waals surface area contributed by atoms with E-state index in [1.54, 1.807) is 61.2 Å². The fourth-order valence-electron chi connectivity index (χ4n) is 5.26. The minimum atomic E-state index is -1.05. The Bertz CT molecular complexity index is 1550. The zero-order valence-electron chi connectivity index (χ0n) is 27.6. The topological polar surface area (TPSA) is 176 Å². The molecular weight excluding hydrogens is 604 g/mol. The van der Waals surface area contributed by atoms with E-state index in [-0.39, 0.29) is 36.9 Å². The molecule has 0 unspecified atom stereocenters. The van der Waals surface area contributed by atoms with Gasteiger partial charge in [0.2, 0.25) is 29.4 Å². The van der Waals surface area contributed by atoms with Gasteiger partial charge in [0.05, 0.1) is 13.7 Å². The van der Waals surface area contributed by atoms with E-state index >= 15 is 0 Å². The van der Waals surface area contributed by atoms with Gasteiger partial charge in [-0.25, -0.2) is 9.97 Å². The molecule has 1 saturated heterocycles. The monoisotopic (exact) mass is 648 g/mol. The summed E-state index contributed by atoms with van der Waals surface area (Å²) in [5.74, 6) is -1.90. The number of fused-ring (bicyclic) bond motifs is 1. The maximum atomic E-state index is 13.8. The second-order valence-electron chi connectivity index (χ2n) is 12.6. The van der Waals surface area contributed by atoms with Crippen LogP contribution in [0.25, 0.3) is 5.78 Å². The molecule has 0 aliphatic carbocycles. The number of ether oxygens (including phenoxy) is 1. The fraction of sp³-hybridized carbons (Fsp3) is 0.485. The summed E-state index contributed by atoms with van der Waals surface area (Å²) in [6, 6.07) is 5.18. The molecule has 2 aromatic heterocycles. The molecule has 0 radical (unpaired) electrons. The average Bonchev–Trinajstić information content (AvgIpc) is 3.47. The Kier molecular flexibility index (Phi) is 11.5. The molecule has 1 aliphatic rings. The molecular formula is C33H44N8O6. The van der Waals surface area contributed by atoms with Crippen LogP contribution in [0.15, 0.2) is 48.9 Å². The highest BCUT2D eigenvalue weighted by atomic mass is 16.5. The van der Waals surface area contributed by atoms with Gasteiger partial charge in [0.15, 0.2) is 0 Å². The van der Waals surface area contributed by atoms with Crippen molar-refractivity contribution in [2.45, 2.75) is 71.6 Å². The molecule has 1 aromatic carbocycles. The zero-order chi connectivity index (χ0) is 34.2. The van der Waals surface area contributed by atoms with Crippen molar-refractivity contribution in [2.75, 3.05) is 20.2 Å². The van der Waals surface area contributed by atoms with Gasteiger partial charge in [0.25, 0.3) is 5.91 Å². The van der Waals surface area contributed by atoms with Crippen LogP contribution < -0.4 is 26.0 Å². The van der Waals surface area contributed by atoms with E-state index in [9.17, 15) is 24.0 Å². The Hall–Kier alpha value is -5.01. The Morgan fingerprint density at radius 2 is 1.66 bits per heavy atom. The maximum Gasteiger partial charge on any atom is 0.274 e. The molecule has 5 amide bonds. The van der Waals surface area contributed by atoms with E-state index in [4.69, 9.17) is 4.74 Å². The normalized spacial score (nSPS) is 21.8. The number of hydrogen-bond acceptors (Lipinski definition) is 8. The van der Waals surface area contributed by atoms with Crippen molar-refractivity contribution >= 4 is 35.3 Å². The SMILES string of the molecule is COc1ccc(C[C@@H]2NC(=O)[C@H](CC(C)C)NC(=O)CN(C(=O)c3cn4cccnc4n3)C[C@H](C(C)C)NC(=O)[C@@H](C)NC2=O)cc1. The smallest absolute Gasteiger partial charge is 0.274 e. The van der Waals surface area contributed by atoms with Gasteiger partial charge < -0.3 is 30.9 Å². The van der Waals surface area contributed by atoms with Crippen LogP contribution in [0.2, 0.25) is 0 Å². The largest absolute Gasteiger partial charge is 0.497 e. The van der Waals surface area contributed by atoms with Crippen LogP contribution in [0.5, 0.6) is 5.75 Å². The molecule has 0 saturated carbocycles. The average molecular weight is 649 g/mol. The second kappa shape index (κ2) is 15.5. The number of rotatable bonds is 7. The quantitative estimate of drug-likeness (QED) is 0.295. The first-order valence-corrected chi connectivity index (χ1v) is 15.8. The number of aromatic nitrogens is 3. The van der Waals surface area contributed by atoms with Crippen LogP contribution in [0.4, 0.5) is 0 Å². The van der Waals surface area contributed by atoms with Gasteiger partial charge in [-0.1, -0.05) is 39.8 Å². The first kappa shape index (κ1) is 34.9. The van der Waals surface area contributed by atoms with Crippen molar-refractivity contribution in [1.82, 2.24) is 40.5 Å². The van der Waals surface area contributed by atoms with Crippen molar-refractivity contribution in [3.05, 3.63) is 60.2 Å². The van der Waals surface area contributed by atoms with E-state index in [0.717, 1.165) is 5.56 Å². The van der Waals surface area contributed by atoms with Gasteiger partial charge >= 0.3 is 0 Å². The summed E-state index contributed by atoms with van der Waals surface area (Å²) in [5, 5.41) is 11.3. The summed E-state index contributed by atoms with van der Waals surface area (Å²) in [6.07, 6.45) is 5.19. The Morgan fingerprint density at radius 3 is 2.30 bits per heavy atom. The van der Waals surface area contributed by atoms with Crippen molar-refractivity contribution in [2.24, 2.45) is 11.8 Å². The second-order valence-corrected chi connectivity index (χ2v) is 12.6. The highest BCUT2D eigenvalue weighted by Gasteiger charge is 2.33. The first-order valence-electron chi connectivity index (χ1n) is 15.8. The molecule has 14 heteroatoms. The molecule has 4 atom stereocenters. The van der Waals surface area contributed by atoms with E-state index in [1.165, 1.54) is 11.1 Å². The summed E-state index contributed by atoms with van der Waals surface area (Å²) in [7, 11) is 1.55. The third-order valence-electron chi connectivity index (χ3n) is 7.97. The van der Waals surface area contributed by atoms with Gasteiger partial charge in [-0.3, -0.25) is 28.4 Å². The number of amides is 5. The lowest BCUT2D eigenvalue weighted by Crippen LogP contribution is -2.57. The summed E-state index contributed by atoms with van der Waals surface area (Å²) in [4.78, 5) is 77.9. The third kappa shape index (κ3) is 9.27. The lowest BCUT2D eigenvalue weighted by atomic mass is 10.0. The molecule has 4 rings (SSSR count). The van der Waals surface area contributed by atoms with Crippen molar-refractivity contribution in [1.29, 1.82) is 0 Å². The van der Waals surface area contributed by atoms with Gasteiger partial charge in [-0.05, 0) is 48.9 Å². The number of carbonyl (C=O) groups is 5. The van der Waals surface area contributed by atoms with Gasteiger partial charge in [-0.2, -0.15) is 0 Å². The number of imidazole rings is 1. The number of benzene rings is 1. The standard InChI is InChI=1S/C33H44N8O6/c1-19(2)14-24-31(45)37-25(15-22-8-10-23(47-6)11-9-22)30(44)35-21(5)29(43)38-26(20(3)4)16-41(18-28(42)36-24)32(46)27-17-40-13-7-12-34-33(40)39-27/h7-13,17,19-21,24-26H,14-16,18H2,1-6H3,(H,35,44)(H,36,42)(H,37,45)(H,38,43)/t21-,24+,25+,26-/m1/s1. The number of methoxy groups -OCH3 is 1. The predicted octanol–water partition coefficient (Wildman–Crippen LogP) is 1.10. The van der Waals surface area contributed by atoms with Crippen LogP contribution in [0.3, 0.4) is 0 Å². The van der Waals surface area contributed by atoms with Gasteiger partial charge in [0.1, 0.15) is 29.6 Å². The molecule has 3 aromatic rings. The van der Waals surface area contributed by atoms with Gasteiger partial charge in [-0.15, -0.1) is 0 Å². The molecule has 4 N–H and O–H groups in total. The first-order chi connectivity index (χ1) is 22.3. The molecule has 47 heavy (non-hydrogen) atoms. The Balaban J connectivity index is 1.68. The number of carbonyl (C=O) groups excluding carboxylic acids is 5. The van der Waals surface area contributed by atoms with E-state index in [2.05, 4.69) is 31.2 Å². The number of nitrogens with one attached hydrogen (secondary N) is 4. The zero-order valence-corrected chi connectivity index (χ0v) is 27.6. The van der Waals surface area contributed by atoms with Crippen LogP contribution >= 0.6 is 0 Å². The molecule has 252 valence electrons. The molecule has 1 aliphatic heterocycles. The Labute approximate surface area is 274 Å².